The lowest BCUT2D eigenvalue weighted by molar-refractivity contribution is -0.129. The molecule has 1 atom stereocenters. The molecule has 0 radical (unpaired) electrons. The van der Waals surface area contributed by atoms with Crippen LogP contribution < -0.4 is 20.4 Å². The third-order valence-electron chi connectivity index (χ3n) is 5.70. The maximum atomic E-state index is 13.3. The number of rotatable bonds is 8. The monoisotopic (exact) mass is 465 g/mol. The number of hydrogen-bond donors (Lipinski definition) is 2. The Morgan fingerprint density at radius 3 is 2.32 bits per heavy atom. The van der Waals surface area contributed by atoms with Gasteiger partial charge >= 0.3 is 0 Å². The summed E-state index contributed by atoms with van der Waals surface area (Å²) in [6.07, 6.45) is 0.175. The third kappa shape index (κ3) is 5.92. The van der Waals surface area contributed by atoms with Crippen LogP contribution in [0.15, 0.2) is 48.5 Å². The minimum atomic E-state index is -0.917. The van der Waals surface area contributed by atoms with E-state index >= 15 is 0 Å². The first-order valence-electron chi connectivity index (χ1n) is 11.1. The molecule has 0 fully saturated rings. The van der Waals surface area contributed by atoms with E-state index in [2.05, 4.69) is 10.6 Å². The molecule has 4 amide bonds. The number of anilines is 2. The van der Waals surface area contributed by atoms with Crippen LogP contribution in [-0.2, 0) is 20.9 Å². The van der Waals surface area contributed by atoms with E-state index in [1.807, 2.05) is 43.3 Å². The highest BCUT2D eigenvalue weighted by Gasteiger charge is 2.34. The quantitative estimate of drug-likeness (QED) is 0.613. The molecule has 0 spiro atoms. The van der Waals surface area contributed by atoms with Crippen molar-refractivity contribution < 1.29 is 19.2 Å². The largest absolute Gasteiger partial charge is 0.378 e. The van der Waals surface area contributed by atoms with Gasteiger partial charge in [-0.25, -0.2) is 0 Å². The molecule has 180 valence electrons. The first kappa shape index (κ1) is 24.8. The number of nitrogens with one attached hydrogen (secondary N) is 2. The van der Waals surface area contributed by atoms with Crippen LogP contribution in [-0.4, -0.2) is 69.3 Å². The highest BCUT2D eigenvalue weighted by Crippen LogP contribution is 2.25. The molecule has 0 saturated heterocycles. The average Bonchev–Trinajstić information content (AvgIpc) is 2.92. The minimum absolute atomic E-state index is 0.0538. The van der Waals surface area contributed by atoms with Crippen molar-refractivity contribution in [2.45, 2.75) is 25.4 Å². The molecule has 1 heterocycles. The summed E-state index contributed by atoms with van der Waals surface area (Å²) in [4.78, 5) is 55.6. The second kappa shape index (κ2) is 10.8. The summed E-state index contributed by atoms with van der Waals surface area (Å²) >= 11 is 0. The van der Waals surface area contributed by atoms with E-state index in [-0.39, 0.29) is 31.2 Å². The summed E-state index contributed by atoms with van der Waals surface area (Å²) in [7, 11) is 7.13. The van der Waals surface area contributed by atoms with E-state index in [0.717, 1.165) is 11.3 Å². The number of benzene rings is 2. The zero-order valence-electron chi connectivity index (χ0n) is 20.0. The van der Waals surface area contributed by atoms with Crippen molar-refractivity contribution in [2.24, 2.45) is 0 Å². The fourth-order valence-corrected chi connectivity index (χ4v) is 3.62. The summed E-state index contributed by atoms with van der Waals surface area (Å²) in [5.74, 6) is -1.32. The van der Waals surface area contributed by atoms with Gasteiger partial charge in [0.1, 0.15) is 12.6 Å². The van der Waals surface area contributed by atoms with Crippen molar-refractivity contribution in [3.05, 3.63) is 59.7 Å². The predicted octanol–water partition coefficient (Wildman–Crippen LogP) is 1.38. The number of carbonyl (C=O) groups excluding carboxylic acids is 4. The summed E-state index contributed by atoms with van der Waals surface area (Å²) in [5, 5.41) is 5.58. The number of hydrogen-bond acceptors (Lipinski definition) is 5. The van der Waals surface area contributed by atoms with Crippen molar-refractivity contribution in [3.63, 3.8) is 0 Å². The molecule has 3 rings (SSSR count). The van der Waals surface area contributed by atoms with Gasteiger partial charge in [-0.2, -0.15) is 0 Å². The lowest BCUT2D eigenvalue weighted by atomic mass is 10.1. The molecule has 0 aliphatic carbocycles. The van der Waals surface area contributed by atoms with E-state index < -0.39 is 17.9 Å². The van der Waals surface area contributed by atoms with Crippen LogP contribution in [0, 0.1) is 0 Å². The lowest BCUT2D eigenvalue weighted by Crippen LogP contribution is -2.49. The molecule has 1 aliphatic rings. The van der Waals surface area contributed by atoms with E-state index in [4.69, 9.17) is 0 Å². The van der Waals surface area contributed by atoms with Crippen LogP contribution in [0.2, 0.25) is 0 Å². The van der Waals surface area contributed by atoms with Gasteiger partial charge in [0.2, 0.25) is 17.7 Å². The van der Waals surface area contributed by atoms with Crippen molar-refractivity contribution in [1.29, 1.82) is 0 Å². The summed E-state index contributed by atoms with van der Waals surface area (Å²) in [6.45, 7) is 0.176. The fourth-order valence-electron chi connectivity index (χ4n) is 3.62. The van der Waals surface area contributed by atoms with Crippen molar-refractivity contribution in [1.82, 2.24) is 15.5 Å². The molecule has 1 aliphatic heterocycles. The van der Waals surface area contributed by atoms with Crippen LogP contribution in [0.5, 0.6) is 0 Å². The van der Waals surface area contributed by atoms with Gasteiger partial charge in [0.25, 0.3) is 5.91 Å². The van der Waals surface area contributed by atoms with Gasteiger partial charge in [0.15, 0.2) is 0 Å². The molecule has 34 heavy (non-hydrogen) atoms. The number of likely N-dealkylation sites (N-methyl/N-ethyl adjacent to an activating group) is 1. The molecule has 1 unspecified atom stereocenters. The maximum absolute atomic E-state index is 13.3. The second-order valence-corrected chi connectivity index (χ2v) is 8.63. The Morgan fingerprint density at radius 1 is 1.00 bits per heavy atom. The second-order valence-electron chi connectivity index (χ2n) is 8.63. The molecule has 0 bridgehead atoms. The first-order chi connectivity index (χ1) is 16.2. The topological polar surface area (TPSA) is 102 Å². The molecule has 0 saturated carbocycles. The lowest BCUT2D eigenvalue weighted by Gasteiger charge is -2.26. The number of carbonyl (C=O) groups is 4. The van der Waals surface area contributed by atoms with E-state index in [1.54, 1.807) is 38.4 Å². The van der Waals surface area contributed by atoms with Crippen LogP contribution in [0.4, 0.5) is 11.4 Å². The zero-order chi connectivity index (χ0) is 24.8. The predicted molar refractivity (Wildman–Crippen MR) is 131 cm³/mol. The molecule has 9 heteroatoms. The minimum Gasteiger partial charge on any atom is -0.378 e. The van der Waals surface area contributed by atoms with Crippen LogP contribution in [0.25, 0.3) is 0 Å². The molecule has 0 aromatic heterocycles. The Hall–Kier alpha value is -3.88. The van der Waals surface area contributed by atoms with E-state index in [0.29, 0.717) is 17.8 Å². The highest BCUT2D eigenvalue weighted by atomic mass is 16.2. The van der Waals surface area contributed by atoms with Crippen molar-refractivity contribution in [2.75, 3.05) is 44.5 Å². The number of para-hydroxylation sites is 1. The molecule has 2 aromatic rings. The number of amides is 4. The Balaban J connectivity index is 1.65. The number of fused-ring (bicyclic) bond motifs is 1. The molecule has 9 nitrogen and oxygen atoms in total. The number of nitrogens with zero attached hydrogens (tertiary/aromatic N) is 3. The van der Waals surface area contributed by atoms with Gasteiger partial charge in [-0.15, -0.1) is 0 Å². The van der Waals surface area contributed by atoms with Crippen LogP contribution >= 0.6 is 0 Å². The van der Waals surface area contributed by atoms with Gasteiger partial charge in [-0.05, 0) is 36.2 Å². The van der Waals surface area contributed by atoms with Crippen LogP contribution in [0.1, 0.15) is 28.8 Å². The standard InChI is InChI=1S/C25H31N5O4/c1-28(2)18-11-9-17(10-12-18)15-26-22(31)14-13-20-25(34)30(16-23(32)29(3)4)21-8-6-5-7-19(21)24(33)27-20/h5-12,20H,13-16H2,1-4H3,(H,26,31)(H,27,33). The average molecular weight is 466 g/mol. The Labute approximate surface area is 199 Å². The molecule has 2 aromatic carbocycles. The van der Waals surface area contributed by atoms with Gasteiger partial charge in [-0.1, -0.05) is 24.3 Å². The smallest absolute Gasteiger partial charge is 0.254 e. The summed E-state index contributed by atoms with van der Waals surface area (Å²) in [5.41, 5.74) is 2.72. The first-order valence-corrected chi connectivity index (χ1v) is 11.1. The SMILES string of the molecule is CN(C)C(=O)CN1C(=O)C(CCC(=O)NCc2ccc(N(C)C)cc2)NC(=O)c2ccccc21. The van der Waals surface area contributed by atoms with Gasteiger partial charge in [0, 0.05) is 46.8 Å². The van der Waals surface area contributed by atoms with Gasteiger partial charge < -0.3 is 25.3 Å². The third-order valence-corrected chi connectivity index (χ3v) is 5.70. The molecule has 2 N–H and O–H groups in total. The van der Waals surface area contributed by atoms with Crippen molar-refractivity contribution >= 4 is 35.0 Å². The van der Waals surface area contributed by atoms with Gasteiger partial charge in [-0.3, -0.25) is 19.2 Å². The van der Waals surface area contributed by atoms with E-state index in [9.17, 15) is 19.2 Å². The Morgan fingerprint density at radius 2 is 1.68 bits per heavy atom. The van der Waals surface area contributed by atoms with Crippen LogP contribution in [0.3, 0.4) is 0 Å². The zero-order valence-corrected chi connectivity index (χ0v) is 20.0. The molecular formula is C25H31N5O4. The van der Waals surface area contributed by atoms with Gasteiger partial charge in [0.05, 0.1) is 11.3 Å². The highest BCUT2D eigenvalue weighted by molar-refractivity contribution is 6.12. The normalized spacial score (nSPS) is 15.2. The van der Waals surface area contributed by atoms with Crippen molar-refractivity contribution in [3.8, 4) is 0 Å². The fraction of sp³-hybridized carbons (Fsp3) is 0.360. The maximum Gasteiger partial charge on any atom is 0.254 e. The summed E-state index contributed by atoms with van der Waals surface area (Å²) in [6, 6.07) is 13.6. The Bertz CT molecular complexity index is 1070. The summed E-state index contributed by atoms with van der Waals surface area (Å²) < 4.78 is 0. The Kier molecular flexibility index (Phi) is 7.88. The van der Waals surface area contributed by atoms with E-state index in [1.165, 1.54) is 9.80 Å². The molecular weight excluding hydrogens is 434 g/mol.